The average molecular weight is 394 g/mol. The standard InChI is InChI=1S/C15H15Cl3N2O4/c1-2-3-23-6-11-12(21)13(22)14(24-11)20-10-5-8(17)7(16)4-9(10)19-15(20)18/h2,4-5,11-14,21-22H,1,3,6H2/t11-,12-,13-,14-/m1/s1. The van der Waals surface area contributed by atoms with E-state index in [2.05, 4.69) is 11.6 Å². The lowest BCUT2D eigenvalue weighted by Crippen LogP contribution is -2.33. The Morgan fingerprint density at radius 2 is 1.96 bits per heavy atom. The molecule has 1 aliphatic rings. The first-order valence-corrected chi connectivity index (χ1v) is 8.30. The molecule has 0 saturated carbocycles. The van der Waals surface area contributed by atoms with Crippen LogP contribution in [0.4, 0.5) is 0 Å². The number of aromatic nitrogens is 2. The van der Waals surface area contributed by atoms with Crippen LogP contribution < -0.4 is 0 Å². The highest BCUT2D eigenvalue weighted by Gasteiger charge is 2.44. The van der Waals surface area contributed by atoms with E-state index < -0.39 is 24.5 Å². The fraction of sp³-hybridized carbons (Fsp3) is 0.400. The predicted octanol–water partition coefficient (Wildman–Crippen LogP) is 2.82. The zero-order valence-electron chi connectivity index (χ0n) is 12.4. The van der Waals surface area contributed by atoms with Crippen molar-refractivity contribution < 1.29 is 19.7 Å². The first-order valence-electron chi connectivity index (χ1n) is 7.16. The Morgan fingerprint density at radius 1 is 1.25 bits per heavy atom. The second-order valence-electron chi connectivity index (χ2n) is 5.38. The van der Waals surface area contributed by atoms with Gasteiger partial charge in [0.05, 0.1) is 34.3 Å². The molecule has 0 radical (unpaired) electrons. The quantitative estimate of drug-likeness (QED) is 0.603. The zero-order valence-corrected chi connectivity index (χ0v) is 14.7. The fourth-order valence-electron chi connectivity index (χ4n) is 2.65. The van der Waals surface area contributed by atoms with Gasteiger partial charge in [-0.1, -0.05) is 29.3 Å². The topological polar surface area (TPSA) is 76.7 Å². The number of nitrogens with zero attached hydrogens (tertiary/aromatic N) is 2. The Bertz CT molecular complexity index is 767. The highest BCUT2D eigenvalue weighted by atomic mass is 35.5. The molecular weight excluding hydrogens is 379 g/mol. The van der Waals surface area contributed by atoms with Crippen LogP contribution in [0.5, 0.6) is 0 Å². The first-order chi connectivity index (χ1) is 11.4. The van der Waals surface area contributed by atoms with E-state index in [1.165, 1.54) is 4.57 Å². The van der Waals surface area contributed by atoms with Gasteiger partial charge in [0.25, 0.3) is 0 Å². The summed E-state index contributed by atoms with van der Waals surface area (Å²) in [6, 6.07) is 3.16. The van der Waals surface area contributed by atoms with Gasteiger partial charge in [0.15, 0.2) is 6.23 Å². The molecule has 9 heteroatoms. The molecule has 0 amide bonds. The molecular formula is C15H15Cl3N2O4. The van der Waals surface area contributed by atoms with Crippen molar-refractivity contribution >= 4 is 45.8 Å². The SMILES string of the molecule is C=CCOC[C@H]1O[C@@H](n2c(Cl)nc3cc(Cl)c(Cl)cc32)[C@H](O)[C@@H]1O. The van der Waals surface area contributed by atoms with Gasteiger partial charge in [-0.2, -0.15) is 0 Å². The molecule has 0 spiro atoms. The second-order valence-corrected chi connectivity index (χ2v) is 6.53. The molecule has 4 atom stereocenters. The molecule has 0 bridgehead atoms. The lowest BCUT2D eigenvalue weighted by Gasteiger charge is -2.18. The van der Waals surface area contributed by atoms with Crippen LogP contribution in [0.15, 0.2) is 24.8 Å². The van der Waals surface area contributed by atoms with Crippen molar-refractivity contribution in [1.29, 1.82) is 0 Å². The summed E-state index contributed by atoms with van der Waals surface area (Å²) in [7, 11) is 0. The van der Waals surface area contributed by atoms with Gasteiger partial charge in [-0.05, 0) is 23.7 Å². The summed E-state index contributed by atoms with van der Waals surface area (Å²) in [5.41, 5.74) is 1.05. The molecule has 1 fully saturated rings. The van der Waals surface area contributed by atoms with E-state index in [4.69, 9.17) is 44.3 Å². The maximum absolute atomic E-state index is 10.3. The smallest absolute Gasteiger partial charge is 0.206 e. The van der Waals surface area contributed by atoms with E-state index in [1.807, 2.05) is 0 Å². The van der Waals surface area contributed by atoms with Gasteiger partial charge >= 0.3 is 0 Å². The number of halogens is 3. The molecule has 1 saturated heterocycles. The van der Waals surface area contributed by atoms with Gasteiger partial charge in [0.1, 0.15) is 18.3 Å². The van der Waals surface area contributed by atoms with Crippen molar-refractivity contribution in [2.75, 3.05) is 13.2 Å². The molecule has 0 aliphatic carbocycles. The minimum atomic E-state index is -1.20. The summed E-state index contributed by atoms with van der Waals surface area (Å²) in [5, 5.41) is 21.3. The van der Waals surface area contributed by atoms with Crippen molar-refractivity contribution in [3.63, 3.8) is 0 Å². The van der Waals surface area contributed by atoms with Crippen molar-refractivity contribution in [3.05, 3.63) is 40.1 Å². The maximum Gasteiger partial charge on any atom is 0.206 e. The number of fused-ring (bicyclic) bond motifs is 1. The average Bonchev–Trinajstić information content (AvgIpc) is 2.98. The van der Waals surface area contributed by atoms with E-state index in [-0.39, 0.29) is 11.9 Å². The summed E-state index contributed by atoms with van der Waals surface area (Å²) in [5.74, 6) is 0. The molecule has 3 rings (SSSR count). The third-order valence-electron chi connectivity index (χ3n) is 3.80. The number of benzene rings is 1. The first kappa shape index (κ1) is 17.9. The van der Waals surface area contributed by atoms with Gasteiger partial charge in [0, 0.05) is 0 Å². The van der Waals surface area contributed by atoms with Crippen LogP contribution in [0.25, 0.3) is 11.0 Å². The molecule has 2 aromatic rings. The van der Waals surface area contributed by atoms with E-state index in [0.29, 0.717) is 27.7 Å². The Morgan fingerprint density at radius 3 is 2.67 bits per heavy atom. The minimum Gasteiger partial charge on any atom is -0.387 e. The third-order valence-corrected chi connectivity index (χ3v) is 4.79. The van der Waals surface area contributed by atoms with Gasteiger partial charge in [0.2, 0.25) is 5.28 Å². The van der Waals surface area contributed by atoms with Crippen LogP contribution >= 0.6 is 34.8 Å². The molecule has 0 unspecified atom stereocenters. The number of aliphatic hydroxyl groups is 2. The number of aliphatic hydroxyl groups excluding tert-OH is 2. The number of hydrogen-bond acceptors (Lipinski definition) is 5. The molecule has 1 aliphatic heterocycles. The van der Waals surface area contributed by atoms with Crippen LogP contribution in [-0.2, 0) is 9.47 Å². The minimum absolute atomic E-state index is 0.0900. The summed E-state index contributed by atoms with van der Waals surface area (Å²) < 4.78 is 12.5. The largest absolute Gasteiger partial charge is 0.387 e. The van der Waals surface area contributed by atoms with Crippen molar-refractivity contribution in [3.8, 4) is 0 Å². The van der Waals surface area contributed by atoms with Crippen molar-refractivity contribution in [2.45, 2.75) is 24.5 Å². The van der Waals surface area contributed by atoms with E-state index in [0.717, 1.165) is 0 Å². The number of rotatable bonds is 5. The monoisotopic (exact) mass is 392 g/mol. The Kier molecular flexibility index (Phi) is 5.36. The predicted molar refractivity (Wildman–Crippen MR) is 91.7 cm³/mol. The van der Waals surface area contributed by atoms with Crippen LogP contribution in [0.2, 0.25) is 15.3 Å². The maximum atomic E-state index is 10.3. The Balaban J connectivity index is 1.94. The van der Waals surface area contributed by atoms with Gasteiger partial charge in [-0.25, -0.2) is 4.98 Å². The summed E-state index contributed by atoms with van der Waals surface area (Å²) in [4.78, 5) is 4.19. The molecule has 1 aromatic heterocycles. The van der Waals surface area contributed by atoms with Crippen LogP contribution in [0.1, 0.15) is 6.23 Å². The normalized spacial score (nSPS) is 27.0. The molecule has 2 heterocycles. The van der Waals surface area contributed by atoms with E-state index in [9.17, 15) is 10.2 Å². The summed E-state index contributed by atoms with van der Waals surface area (Å²) in [6.45, 7) is 3.97. The Labute approximate surface area is 153 Å². The van der Waals surface area contributed by atoms with Gasteiger partial charge in [-0.15, -0.1) is 6.58 Å². The number of ether oxygens (including phenoxy) is 2. The molecule has 6 nitrogen and oxygen atoms in total. The highest BCUT2D eigenvalue weighted by Crippen LogP contribution is 2.37. The lowest BCUT2D eigenvalue weighted by molar-refractivity contribution is -0.0617. The van der Waals surface area contributed by atoms with E-state index >= 15 is 0 Å². The summed E-state index contributed by atoms with van der Waals surface area (Å²) >= 11 is 18.2. The lowest BCUT2D eigenvalue weighted by atomic mass is 10.1. The Hall–Kier alpha value is -0.860. The highest BCUT2D eigenvalue weighted by molar-refractivity contribution is 6.42. The third kappa shape index (κ3) is 3.15. The van der Waals surface area contributed by atoms with Crippen molar-refractivity contribution in [1.82, 2.24) is 9.55 Å². The van der Waals surface area contributed by atoms with Gasteiger partial charge in [-0.3, -0.25) is 4.57 Å². The number of imidazole rings is 1. The van der Waals surface area contributed by atoms with E-state index in [1.54, 1.807) is 18.2 Å². The van der Waals surface area contributed by atoms with Crippen LogP contribution in [0, 0.1) is 0 Å². The van der Waals surface area contributed by atoms with Crippen LogP contribution in [-0.4, -0.2) is 51.3 Å². The second kappa shape index (κ2) is 7.17. The fourth-order valence-corrected chi connectivity index (χ4v) is 3.24. The molecule has 24 heavy (non-hydrogen) atoms. The number of hydrogen-bond donors (Lipinski definition) is 2. The van der Waals surface area contributed by atoms with Crippen molar-refractivity contribution in [2.24, 2.45) is 0 Å². The zero-order chi connectivity index (χ0) is 17.4. The van der Waals surface area contributed by atoms with Crippen LogP contribution in [0.3, 0.4) is 0 Å². The molecule has 130 valence electrons. The van der Waals surface area contributed by atoms with Gasteiger partial charge < -0.3 is 19.7 Å². The summed E-state index contributed by atoms with van der Waals surface area (Å²) in [6.07, 6.45) is -2.38. The molecule has 2 N–H and O–H groups in total. The molecule has 1 aromatic carbocycles.